The quantitative estimate of drug-likeness (QED) is 0.363. The van der Waals surface area contributed by atoms with Crippen LogP contribution in [0.15, 0.2) is 41.9 Å². The molecule has 1 unspecified atom stereocenters. The lowest BCUT2D eigenvalue weighted by atomic mass is 10.2. The van der Waals surface area contributed by atoms with Gasteiger partial charge in [0.15, 0.2) is 0 Å². The first-order valence-corrected chi connectivity index (χ1v) is 6.05. The number of esters is 1. The van der Waals surface area contributed by atoms with Crippen LogP contribution in [0.3, 0.4) is 0 Å². The lowest BCUT2D eigenvalue weighted by Crippen LogP contribution is -2.20. The molecule has 0 bridgehead atoms. The van der Waals surface area contributed by atoms with Gasteiger partial charge in [0, 0.05) is 0 Å². The fourth-order valence-corrected chi connectivity index (χ4v) is 2.34. The molecule has 0 aliphatic carbocycles. The topological polar surface area (TPSA) is 38.7 Å². The number of nitrogens with zero attached hydrogens (tertiary/aromatic N) is 1. The van der Waals surface area contributed by atoms with Gasteiger partial charge >= 0.3 is 5.97 Å². The van der Waals surface area contributed by atoms with E-state index in [1.54, 1.807) is 6.08 Å². The molecule has 2 rings (SSSR count). The lowest BCUT2D eigenvalue weighted by molar-refractivity contribution is -0.142. The van der Waals surface area contributed by atoms with Crippen LogP contribution in [-0.2, 0) is 9.53 Å². The Hall–Kier alpha value is -1.42. The van der Waals surface area contributed by atoms with Crippen LogP contribution in [0.2, 0.25) is 0 Å². The normalized spacial score (nSPS) is 21.0. The maximum atomic E-state index is 11.5. The summed E-state index contributed by atoms with van der Waals surface area (Å²) in [7, 11) is 0. The van der Waals surface area contributed by atoms with Gasteiger partial charge in [-0.1, -0.05) is 46.8 Å². The van der Waals surface area contributed by atoms with E-state index in [0.29, 0.717) is 0 Å². The van der Waals surface area contributed by atoms with Gasteiger partial charge in [-0.05, 0) is 17.4 Å². The van der Waals surface area contributed by atoms with Crippen molar-refractivity contribution in [2.24, 2.45) is 4.99 Å². The number of halogens is 1. The summed E-state index contributed by atoms with van der Waals surface area (Å²) in [6.45, 7) is 3.73. The van der Waals surface area contributed by atoms with Crippen LogP contribution in [-0.4, -0.2) is 17.0 Å². The second kappa shape index (κ2) is 4.84. The third kappa shape index (κ3) is 2.82. The van der Waals surface area contributed by atoms with Crippen LogP contribution >= 0.6 is 15.9 Å². The Balaban J connectivity index is 2.16. The van der Waals surface area contributed by atoms with E-state index >= 15 is 0 Å². The van der Waals surface area contributed by atoms with Crippen LogP contribution in [0, 0.1) is 0 Å². The number of fused-ring (bicyclic) bond motifs is 1. The number of hydrogen-bond acceptors (Lipinski definition) is 3. The Labute approximate surface area is 108 Å². The fraction of sp³-hybridized carbons (Fsp3) is 0.231. The molecule has 1 aliphatic heterocycles. The van der Waals surface area contributed by atoms with Crippen LogP contribution < -0.4 is 10.6 Å². The first kappa shape index (κ1) is 12.0. The molecule has 1 heterocycles. The van der Waals surface area contributed by atoms with Crippen molar-refractivity contribution in [2.45, 2.75) is 10.9 Å². The molecule has 1 aromatic carbocycles. The third-order valence-electron chi connectivity index (χ3n) is 2.37. The minimum absolute atomic E-state index is 0.176. The minimum Gasteiger partial charge on any atom is -0.461 e. The largest absolute Gasteiger partial charge is 0.461 e. The molecule has 88 valence electrons. The van der Waals surface area contributed by atoms with E-state index in [0.717, 1.165) is 10.6 Å². The van der Waals surface area contributed by atoms with Gasteiger partial charge in [0.05, 0.1) is 11.8 Å². The van der Waals surface area contributed by atoms with Gasteiger partial charge in [-0.2, -0.15) is 0 Å². The molecule has 1 aliphatic rings. The second-order valence-electron chi connectivity index (χ2n) is 3.78. The van der Waals surface area contributed by atoms with E-state index in [1.165, 1.54) is 0 Å². The number of para-hydroxylation sites is 1. The minimum atomic E-state index is -0.672. The van der Waals surface area contributed by atoms with Crippen LogP contribution in [0.1, 0.15) is 6.42 Å². The second-order valence-corrected chi connectivity index (χ2v) is 5.16. The molecule has 1 atom stereocenters. The van der Waals surface area contributed by atoms with Gasteiger partial charge in [-0.25, -0.2) is 0 Å². The Morgan fingerprint density at radius 1 is 1.53 bits per heavy atom. The number of carbonyl (C=O) groups excluding carboxylic acids is 1. The van der Waals surface area contributed by atoms with Crippen molar-refractivity contribution in [3.05, 3.63) is 47.5 Å². The van der Waals surface area contributed by atoms with Gasteiger partial charge < -0.3 is 4.74 Å². The predicted octanol–water partition coefficient (Wildman–Crippen LogP) is 1.31. The van der Waals surface area contributed by atoms with Crippen molar-refractivity contribution in [1.82, 2.24) is 0 Å². The van der Waals surface area contributed by atoms with E-state index in [-0.39, 0.29) is 19.0 Å². The molecule has 4 heteroatoms. The number of alkyl halides is 1. The summed E-state index contributed by atoms with van der Waals surface area (Å²) in [6.07, 6.45) is 3.65. The lowest BCUT2D eigenvalue weighted by Gasteiger charge is -2.14. The molecule has 3 nitrogen and oxygen atoms in total. The molecule has 0 radical (unpaired) electrons. The van der Waals surface area contributed by atoms with Crippen LogP contribution in [0.4, 0.5) is 0 Å². The predicted molar refractivity (Wildman–Crippen MR) is 69.1 cm³/mol. The SMILES string of the molecule is C=CCOC(=O)CC1(Br)C=c2ccccc2=N1. The van der Waals surface area contributed by atoms with Gasteiger partial charge in [0.25, 0.3) is 0 Å². The molecule has 0 saturated heterocycles. The van der Waals surface area contributed by atoms with Crippen molar-refractivity contribution in [3.8, 4) is 0 Å². The summed E-state index contributed by atoms with van der Waals surface area (Å²) in [4.78, 5) is 16.0. The Kier molecular flexibility index (Phi) is 3.43. The summed E-state index contributed by atoms with van der Waals surface area (Å²) in [5.74, 6) is -0.297. The van der Waals surface area contributed by atoms with Crippen molar-refractivity contribution in [3.63, 3.8) is 0 Å². The number of ether oxygens (including phenoxy) is 1. The standard InChI is InChI=1S/C13H12BrNO2/c1-2-7-17-12(16)9-13(14)8-10-5-3-4-6-11(10)15-13/h2-6,8H,1,7,9H2. The van der Waals surface area contributed by atoms with Crippen molar-refractivity contribution >= 4 is 28.0 Å². The first-order valence-electron chi connectivity index (χ1n) is 5.26. The number of rotatable bonds is 4. The smallest absolute Gasteiger partial charge is 0.309 e. The molecule has 0 amide bonds. The van der Waals surface area contributed by atoms with Crippen molar-refractivity contribution in [2.75, 3.05) is 6.61 Å². The summed E-state index contributed by atoms with van der Waals surface area (Å²) in [5.41, 5.74) is 0. The van der Waals surface area contributed by atoms with Gasteiger partial charge in [0.1, 0.15) is 11.1 Å². The number of carbonyl (C=O) groups is 1. The zero-order valence-corrected chi connectivity index (χ0v) is 10.8. The molecular weight excluding hydrogens is 282 g/mol. The molecule has 0 spiro atoms. The third-order valence-corrected chi connectivity index (χ3v) is 3.06. The zero-order chi connectivity index (χ0) is 12.3. The molecule has 0 aromatic heterocycles. The summed E-state index contributed by atoms with van der Waals surface area (Å²) < 4.78 is 4.28. The monoisotopic (exact) mass is 293 g/mol. The van der Waals surface area contributed by atoms with Crippen LogP contribution in [0.5, 0.6) is 0 Å². The maximum Gasteiger partial charge on any atom is 0.309 e. The summed E-state index contributed by atoms with van der Waals surface area (Å²) >= 11 is 3.47. The molecule has 0 saturated carbocycles. The molecular formula is C13H12BrNO2. The summed E-state index contributed by atoms with van der Waals surface area (Å²) in [6, 6.07) is 7.76. The highest BCUT2D eigenvalue weighted by atomic mass is 79.9. The average Bonchev–Trinajstić information content (AvgIpc) is 2.61. The maximum absolute atomic E-state index is 11.5. The zero-order valence-electron chi connectivity index (χ0n) is 9.23. The van der Waals surface area contributed by atoms with E-state index in [9.17, 15) is 4.79 Å². The number of hydrogen-bond donors (Lipinski definition) is 0. The summed E-state index contributed by atoms with van der Waals surface area (Å²) in [5, 5.41) is 1.92. The van der Waals surface area contributed by atoms with Gasteiger partial charge in [-0.3, -0.25) is 9.79 Å². The molecule has 0 fully saturated rings. The highest BCUT2D eigenvalue weighted by molar-refractivity contribution is 9.10. The average molecular weight is 294 g/mol. The Bertz CT molecular complexity index is 530. The van der Waals surface area contributed by atoms with E-state index < -0.39 is 4.45 Å². The highest BCUT2D eigenvalue weighted by Gasteiger charge is 2.29. The first-order chi connectivity index (χ1) is 8.13. The van der Waals surface area contributed by atoms with Gasteiger partial charge in [-0.15, -0.1) is 0 Å². The highest BCUT2D eigenvalue weighted by Crippen LogP contribution is 2.27. The number of benzene rings is 1. The van der Waals surface area contributed by atoms with E-state index in [4.69, 9.17) is 4.74 Å². The molecule has 17 heavy (non-hydrogen) atoms. The van der Waals surface area contributed by atoms with Crippen molar-refractivity contribution in [1.29, 1.82) is 0 Å². The van der Waals surface area contributed by atoms with E-state index in [1.807, 2.05) is 30.3 Å². The molecule has 1 aromatic rings. The Morgan fingerprint density at radius 2 is 2.29 bits per heavy atom. The van der Waals surface area contributed by atoms with Crippen LogP contribution in [0.25, 0.3) is 6.08 Å². The fourth-order valence-electron chi connectivity index (χ4n) is 1.68. The Morgan fingerprint density at radius 3 is 3.00 bits per heavy atom. The van der Waals surface area contributed by atoms with Crippen molar-refractivity contribution < 1.29 is 9.53 Å². The van der Waals surface area contributed by atoms with Gasteiger partial charge in [0.2, 0.25) is 0 Å². The molecule has 0 N–H and O–H groups in total. The van der Waals surface area contributed by atoms with E-state index in [2.05, 4.69) is 27.5 Å².